The molecule has 4 aliphatic rings. The van der Waals surface area contributed by atoms with E-state index < -0.39 is 0 Å². The molecule has 5 atom stereocenters. The highest BCUT2D eigenvalue weighted by atomic mass is 35.5. The quantitative estimate of drug-likeness (QED) is 0.415. The van der Waals surface area contributed by atoms with Gasteiger partial charge in [0.1, 0.15) is 0 Å². The van der Waals surface area contributed by atoms with E-state index in [9.17, 15) is 4.79 Å². The van der Waals surface area contributed by atoms with Gasteiger partial charge in [-0.3, -0.25) is 0 Å². The molecule has 3 nitrogen and oxygen atoms in total. The maximum atomic E-state index is 12.7. The maximum Gasteiger partial charge on any atom is 0.338 e. The third-order valence-electron chi connectivity index (χ3n) is 7.57. The molecule has 31 heavy (non-hydrogen) atoms. The number of halogens is 1. The van der Waals surface area contributed by atoms with Gasteiger partial charge in [-0.25, -0.2) is 4.79 Å². The van der Waals surface area contributed by atoms with E-state index in [1.807, 2.05) is 19.1 Å². The largest absolute Gasteiger partial charge is 0.462 e. The fraction of sp³-hybridized carbons (Fsp3) is 0.370. The summed E-state index contributed by atoms with van der Waals surface area (Å²) in [4.78, 5) is 15.4. The molecule has 158 valence electrons. The number of rotatable bonds is 3. The first-order valence-electron chi connectivity index (χ1n) is 11.4. The number of benzene rings is 2. The standard InChI is InChI=1S/C27H26ClNO2/c1-2-31-27(30)18-13-23-20-6-3-5-17(20)15-29-25(16-9-11-19(28)12-10-16)22-8-4-7-21(22)24(14-18)26(23)29/h3-4,6-7,9-14,17,20-22,25H,2,5,8,15H2,1H3/t17-,20+,21-,22-,25+/m1/s1. The number of anilines is 1. The lowest BCUT2D eigenvalue weighted by atomic mass is 9.70. The molecule has 0 saturated heterocycles. The van der Waals surface area contributed by atoms with E-state index in [1.54, 1.807) is 0 Å². The molecule has 2 aromatic carbocycles. The van der Waals surface area contributed by atoms with Crippen LogP contribution in [0.4, 0.5) is 5.69 Å². The molecule has 0 amide bonds. The molecule has 0 fully saturated rings. The summed E-state index contributed by atoms with van der Waals surface area (Å²) in [6.45, 7) is 3.31. The Hall–Kier alpha value is -2.52. The second-order valence-electron chi connectivity index (χ2n) is 9.18. The van der Waals surface area contributed by atoms with Gasteiger partial charge in [-0.05, 0) is 72.6 Å². The van der Waals surface area contributed by atoms with Crippen molar-refractivity contribution in [2.45, 2.75) is 37.6 Å². The number of hydrogen-bond acceptors (Lipinski definition) is 3. The van der Waals surface area contributed by atoms with Crippen LogP contribution in [0.3, 0.4) is 0 Å². The predicted octanol–water partition coefficient (Wildman–Crippen LogP) is 6.41. The average Bonchev–Trinajstić information content (AvgIpc) is 3.44. The third kappa shape index (κ3) is 2.90. The Morgan fingerprint density at radius 1 is 1.06 bits per heavy atom. The summed E-state index contributed by atoms with van der Waals surface area (Å²) in [5.74, 6) is 1.51. The lowest BCUT2D eigenvalue weighted by Crippen LogP contribution is -2.46. The summed E-state index contributed by atoms with van der Waals surface area (Å²) in [5, 5.41) is 0.777. The highest BCUT2D eigenvalue weighted by molar-refractivity contribution is 6.30. The van der Waals surface area contributed by atoms with Crippen LogP contribution >= 0.6 is 11.6 Å². The van der Waals surface area contributed by atoms with E-state index in [1.165, 1.54) is 22.4 Å². The van der Waals surface area contributed by atoms with Crippen LogP contribution in [0.2, 0.25) is 5.02 Å². The van der Waals surface area contributed by atoms with Gasteiger partial charge in [0, 0.05) is 29.1 Å². The summed E-state index contributed by atoms with van der Waals surface area (Å²) < 4.78 is 5.39. The fourth-order valence-electron chi connectivity index (χ4n) is 6.35. The van der Waals surface area contributed by atoms with Gasteiger partial charge in [0.2, 0.25) is 0 Å². The predicted molar refractivity (Wildman–Crippen MR) is 124 cm³/mol. The zero-order valence-corrected chi connectivity index (χ0v) is 18.4. The Morgan fingerprint density at radius 2 is 1.77 bits per heavy atom. The van der Waals surface area contributed by atoms with Gasteiger partial charge in [0.15, 0.2) is 0 Å². The minimum Gasteiger partial charge on any atom is -0.462 e. The number of fused-ring (bicyclic) bond motifs is 4. The van der Waals surface area contributed by atoms with Crippen LogP contribution in [-0.4, -0.2) is 19.1 Å². The van der Waals surface area contributed by atoms with Crippen molar-refractivity contribution in [1.29, 1.82) is 0 Å². The number of esters is 1. The summed E-state index contributed by atoms with van der Waals surface area (Å²) in [7, 11) is 0. The van der Waals surface area contributed by atoms with Crippen molar-refractivity contribution in [2.75, 3.05) is 18.1 Å². The van der Waals surface area contributed by atoms with Crippen molar-refractivity contribution in [1.82, 2.24) is 0 Å². The molecule has 2 aliphatic carbocycles. The second kappa shape index (κ2) is 7.27. The van der Waals surface area contributed by atoms with Crippen molar-refractivity contribution < 1.29 is 9.53 Å². The molecule has 0 saturated carbocycles. The minimum atomic E-state index is -0.212. The van der Waals surface area contributed by atoms with Crippen LogP contribution in [-0.2, 0) is 4.74 Å². The van der Waals surface area contributed by atoms with Crippen molar-refractivity contribution in [3.63, 3.8) is 0 Å². The number of carbonyl (C=O) groups excluding carboxylic acids is 1. The first-order valence-corrected chi connectivity index (χ1v) is 11.7. The Kier molecular flexibility index (Phi) is 4.50. The van der Waals surface area contributed by atoms with E-state index >= 15 is 0 Å². The molecule has 2 aromatic rings. The number of hydrogen-bond donors (Lipinski definition) is 0. The van der Waals surface area contributed by atoms with Crippen LogP contribution in [0, 0.1) is 11.8 Å². The smallest absolute Gasteiger partial charge is 0.338 e. The van der Waals surface area contributed by atoms with E-state index in [0.717, 1.165) is 24.4 Å². The van der Waals surface area contributed by atoms with Gasteiger partial charge in [0.25, 0.3) is 0 Å². The van der Waals surface area contributed by atoms with Crippen molar-refractivity contribution in [3.8, 4) is 0 Å². The van der Waals surface area contributed by atoms with Gasteiger partial charge in [-0.1, -0.05) is 48.0 Å². The Morgan fingerprint density at radius 3 is 2.55 bits per heavy atom. The van der Waals surface area contributed by atoms with Gasteiger partial charge >= 0.3 is 5.97 Å². The molecule has 0 unspecified atom stereocenters. The zero-order valence-electron chi connectivity index (χ0n) is 17.6. The lowest BCUT2D eigenvalue weighted by molar-refractivity contribution is 0.0526. The number of nitrogens with zero attached hydrogens (tertiary/aromatic N) is 1. The first-order chi connectivity index (χ1) is 15.2. The van der Waals surface area contributed by atoms with Crippen LogP contribution in [0.25, 0.3) is 0 Å². The molecule has 2 aliphatic heterocycles. The summed E-state index contributed by atoms with van der Waals surface area (Å²) in [5.41, 5.74) is 5.96. The van der Waals surface area contributed by atoms with Crippen LogP contribution in [0.5, 0.6) is 0 Å². The molecule has 0 bridgehead atoms. The Balaban J connectivity index is 1.56. The van der Waals surface area contributed by atoms with Crippen LogP contribution in [0.15, 0.2) is 60.7 Å². The third-order valence-corrected chi connectivity index (χ3v) is 7.82. The van der Waals surface area contributed by atoms with Gasteiger partial charge in [-0.15, -0.1) is 0 Å². The van der Waals surface area contributed by atoms with E-state index in [4.69, 9.17) is 16.3 Å². The maximum absolute atomic E-state index is 12.7. The van der Waals surface area contributed by atoms with Crippen molar-refractivity contribution in [2.24, 2.45) is 11.8 Å². The first kappa shape index (κ1) is 19.2. The molecule has 0 N–H and O–H groups in total. The van der Waals surface area contributed by atoms with Crippen LogP contribution < -0.4 is 4.90 Å². The SMILES string of the molecule is CCOC(=O)c1cc2c3c(c1)[C@@H]1C=CC[C@H]1[C@H](c1ccc(Cl)cc1)N3C[C@H]1CC=C[C@H]21. The van der Waals surface area contributed by atoms with Gasteiger partial charge in [-0.2, -0.15) is 0 Å². The molecule has 4 heteroatoms. The highest BCUT2D eigenvalue weighted by Crippen LogP contribution is 2.59. The summed E-state index contributed by atoms with van der Waals surface area (Å²) in [6, 6.07) is 12.9. The second-order valence-corrected chi connectivity index (χ2v) is 9.61. The summed E-state index contributed by atoms with van der Waals surface area (Å²) >= 11 is 6.22. The molecular weight excluding hydrogens is 406 g/mol. The van der Waals surface area contributed by atoms with Crippen LogP contribution in [0.1, 0.15) is 64.7 Å². The van der Waals surface area contributed by atoms with Crippen molar-refractivity contribution >= 4 is 23.3 Å². The van der Waals surface area contributed by atoms with Gasteiger partial charge in [0.05, 0.1) is 18.2 Å². The highest BCUT2D eigenvalue weighted by Gasteiger charge is 2.48. The normalized spacial score (nSPS) is 29.5. The summed E-state index contributed by atoms with van der Waals surface area (Å²) in [6.07, 6.45) is 11.5. The Bertz CT molecular complexity index is 1090. The van der Waals surface area contributed by atoms with E-state index in [-0.39, 0.29) is 5.97 Å². The molecule has 0 aromatic heterocycles. The minimum absolute atomic E-state index is 0.212. The molecule has 0 radical (unpaired) electrons. The molecule has 0 spiro atoms. The molecule has 2 heterocycles. The monoisotopic (exact) mass is 431 g/mol. The lowest BCUT2D eigenvalue weighted by Gasteiger charge is -2.51. The van der Waals surface area contributed by atoms with E-state index in [2.05, 4.69) is 53.5 Å². The molecule has 6 rings (SSSR count). The van der Waals surface area contributed by atoms with Crippen molar-refractivity contribution in [3.05, 3.63) is 88.0 Å². The number of allylic oxidation sites excluding steroid dienone is 4. The number of carbonyl (C=O) groups is 1. The fourth-order valence-corrected chi connectivity index (χ4v) is 6.47. The molecular formula is C27H26ClNO2. The van der Waals surface area contributed by atoms with E-state index in [0.29, 0.717) is 41.9 Å². The number of ether oxygens (including phenoxy) is 1. The zero-order chi connectivity index (χ0) is 21.1. The van der Waals surface area contributed by atoms with Gasteiger partial charge < -0.3 is 9.64 Å². The Labute approximate surface area is 188 Å². The average molecular weight is 432 g/mol. The topological polar surface area (TPSA) is 29.5 Å².